The van der Waals surface area contributed by atoms with Gasteiger partial charge in [-0.2, -0.15) is 0 Å². The van der Waals surface area contributed by atoms with E-state index in [-0.39, 0.29) is 6.54 Å². The van der Waals surface area contributed by atoms with E-state index in [0.29, 0.717) is 11.2 Å². The van der Waals surface area contributed by atoms with Crippen molar-refractivity contribution in [2.24, 2.45) is 0 Å². The Morgan fingerprint density at radius 2 is 2.25 bits per heavy atom. The van der Waals surface area contributed by atoms with Gasteiger partial charge in [0.15, 0.2) is 17.5 Å². The molecule has 2 heterocycles. The second kappa shape index (κ2) is 4.46. The van der Waals surface area contributed by atoms with Gasteiger partial charge in [-0.1, -0.05) is 0 Å². The molecule has 0 atom stereocenters. The van der Waals surface area contributed by atoms with Crippen molar-refractivity contribution in [3.05, 3.63) is 28.9 Å². The maximum atomic E-state index is 11.6. The Kier molecular flexibility index (Phi) is 3.02. The van der Waals surface area contributed by atoms with Crippen LogP contribution >= 0.6 is 0 Å². The molecule has 6 nitrogen and oxygen atoms in total. The first-order valence-electron chi connectivity index (χ1n) is 4.76. The van der Waals surface area contributed by atoms with E-state index >= 15 is 0 Å². The van der Waals surface area contributed by atoms with Crippen LogP contribution in [-0.4, -0.2) is 30.1 Å². The van der Waals surface area contributed by atoms with E-state index in [9.17, 15) is 4.79 Å². The van der Waals surface area contributed by atoms with Crippen LogP contribution in [0.4, 0.5) is 0 Å². The molecule has 2 rings (SSSR count). The molecule has 0 N–H and O–H groups in total. The third-order valence-corrected chi connectivity index (χ3v) is 2.28. The van der Waals surface area contributed by atoms with Gasteiger partial charge in [0.05, 0.1) is 6.54 Å². The van der Waals surface area contributed by atoms with Crippen LogP contribution in [0.25, 0.3) is 11.2 Å². The lowest BCUT2D eigenvalue weighted by atomic mass is 10.4. The number of aromatic nitrogens is 2. The minimum atomic E-state index is -0.500. The van der Waals surface area contributed by atoms with Crippen molar-refractivity contribution in [3.63, 3.8) is 0 Å². The zero-order valence-electron chi connectivity index (χ0n) is 9.04. The Morgan fingerprint density at radius 1 is 1.50 bits per heavy atom. The number of pyridine rings is 1. The fraction of sp³-hybridized carbons (Fsp3) is 0.400. The molecule has 0 spiro atoms. The molecule has 0 saturated carbocycles. The third-order valence-electron chi connectivity index (χ3n) is 2.28. The van der Waals surface area contributed by atoms with Gasteiger partial charge < -0.3 is 13.9 Å². The van der Waals surface area contributed by atoms with Gasteiger partial charge in [0.1, 0.15) is 0 Å². The molecule has 0 aliphatic carbocycles. The number of oxazole rings is 1. The van der Waals surface area contributed by atoms with Gasteiger partial charge in [-0.3, -0.25) is 4.57 Å². The summed E-state index contributed by atoms with van der Waals surface area (Å²) < 4.78 is 16.5. The lowest BCUT2D eigenvalue weighted by molar-refractivity contribution is -0.111. The topological polar surface area (TPSA) is 66.5 Å². The average molecular weight is 224 g/mol. The first-order valence-corrected chi connectivity index (χ1v) is 4.76. The van der Waals surface area contributed by atoms with Crippen LogP contribution in [0.15, 0.2) is 27.5 Å². The molecule has 0 amide bonds. The van der Waals surface area contributed by atoms with Gasteiger partial charge in [-0.25, -0.2) is 9.78 Å². The molecule has 2 aromatic heterocycles. The van der Waals surface area contributed by atoms with Crippen LogP contribution in [-0.2, 0) is 16.0 Å². The molecule has 0 bridgehead atoms. The fourth-order valence-corrected chi connectivity index (χ4v) is 1.46. The van der Waals surface area contributed by atoms with Crippen molar-refractivity contribution in [2.75, 3.05) is 14.2 Å². The fourth-order valence-electron chi connectivity index (χ4n) is 1.46. The van der Waals surface area contributed by atoms with E-state index in [4.69, 9.17) is 13.9 Å². The molecule has 6 heteroatoms. The molecule has 0 aliphatic heterocycles. The quantitative estimate of drug-likeness (QED) is 0.712. The number of fused-ring (bicyclic) bond motifs is 1. The van der Waals surface area contributed by atoms with E-state index in [1.54, 1.807) is 18.3 Å². The predicted octanol–water partition coefficient (Wildman–Crippen LogP) is 0.608. The molecule has 0 aliphatic rings. The number of hydrogen-bond acceptors (Lipinski definition) is 5. The highest BCUT2D eigenvalue weighted by molar-refractivity contribution is 5.67. The van der Waals surface area contributed by atoms with E-state index < -0.39 is 12.0 Å². The van der Waals surface area contributed by atoms with Gasteiger partial charge in [0.2, 0.25) is 0 Å². The van der Waals surface area contributed by atoms with Crippen molar-refractivity contribution < 1.29 is 13.9 Å². The molecular weight excluding hydrogens is 212 g/mol. The SMILES string of the molecule is COC(Cn1c(=O)oc2cccnc21)OC. The summed E-state index contributed by atoms with van der Waals surface area (Å²) in [5, 5.41) is 0. The van der Waals surface area contributed by atoms with Crippen molar-refractivity contribution in [1.29, 1.82) is 0 Å². The van der Waals surface area contributed by atoms with Gasteiger partial charge in [-0.05, 0) is 12.1 Å². The Bertz CT molecular complexity index is 527. The maximum Gasteiger partial charge on any atom is 0.421 e. The second-order valence-electron chi connectivity index (χ2n) is 3.20. The Labute approximate surface area is 91.4 Å². The predicted molar refractivity (Wildman–Crippen MR) is 56.1 cm³/mol. The highest BCUT2D eigenvalue weighted by atomic mass is 16.7. The van der Waals surface area contributed by atoms with Gasteiger partial charge in [0.25, 0.3) is 0 Å². The highest BCUT2D eigenvalue weighted by Gasteiger charge is 2.14. The van der Waals surface area contributed by atoms with Crippen molar-refractivity contribution in [2.45, 2.75) is 12.8 Å². The lowest BCUT2D eigenvalue weighted by Gasteiger charge is -2.12. The van der Waals surface area contributed by atoms with Gasteiger partial charge in [-0.15, -0.1) is 0 Å². The van der Waals surface area contributed by atoms with Crippen LogP contribution in [0.3, 0.4) is 0 Å². The summed E-state index contributed by atoms with van der Waals surface area (Å²) in [6, 6.07) is 3.40. The molecule has 86 valence electrons. The normalized spacial score (nSPS) is 11.4. The number of nitrogens with zero attached hydrogens (tertiary/aromatic N) is 2. The molecule has 0 radical (unpaired) electrons. The lowest BCUT2D eigenvalue weighted by Crippen LogP contribution is -2.26. The van der Waals surface area contributed by atoms with Crippen LogP contribution in [0, 0.1) is 0 Å². The van der Waals surface area contributed by atoms with E-state index in [1.165, 1.54) is 18.8 Å². The minimum absolute atomic E-state index is 0.246. The summed E-state index contributed by atoms with van der Waals surface area (Å²) in [5.74, 6) is -0.465. The smallest absolute Gasteiger partial charge is 0.406 e. The molecule has 0 aromatic carbocycles. The van der Waals surface area contributed by atoms with Crippen molar-refractivity contribution in [1.82, 2.24) is 9.55 Å². The first kappa shape index (κ1) is 10.8. The maximum absolute atomic E-state index is 11.6. The largest absolute Gasteiger partial charge is 0.421 e. The van der Waals surface area contributed by atoms with Crippen molar-refractivity contribution in [3.8, 4) is 0 Å². The number of rotatable bonds is 4. The van der Waals surface area contributed by atoms with Crippen LogP contribution in [0.5, 0.6) is 0 Å². The number of ether oxygens (including phenoxy) is 2. The van der Waals surface area contributed by atoms with Gasteiger partial charge in [0, 0.05) is 20.4 Å². The molecule has 0 unspecified atom stereocenters. The summed E-state index contributed by atoms with van der Waals surface area (Å²) >= 11 is 0. The summed E-state index contributed by atoms with van der Waals surface area (Å²) in [5.41, 5.74) is 0.949. The van der Waals surface area contributed by atoms with E-state index in [2.05, 4.69) is 4.98 Å². The molecule has 16 heavy (non-hydrogen) atoms. The molecule has 2 aromatic rings. The second-order valence-corrected chi connectivity index (χ2v) is 3.20. The van der Waals surface area contributed by atoms with E-state index in [0.717, 1.165) is 0 Å². The van der Waals surface area contributed by atoms with Crippen LogP contribution < -0.4 is 5.76 Å². The summed E-state index contributed by atoms with van der Waals surface area (Å²) in [4.78, 5) is 15.6. The Morgan fingerprint density at radius 3 is 2.94 bits per heavy atom. The Balaban J connectivity index is 2.43. The number of methoxy groups -OCH3 is 2. The summed E-state index contributed by atoms with van der Waals surface area (Å²) in [7, 11) is 3.02. The zero-order chi connectivity index (χ0) is 11.5. The minimum Gasteiger partial charge on any atom is -0.406 e. The highest BCUT2D eigenvalue weighted by Crippen LogP contribution is 2.09. The van der Waals surface area contributed by atoms with Crippen LogP contribution in [0.1, 0.15) is 0 Å². The summed E-state index contributed by atoms with van der Waals surface area (Å²) in [6.45, 7) is 0.246. The first-order chi connectivity index (χ1) is 7.76. The van der Waals surface area contributed by atoms with Crippen LogP contribution in [0.2, 0.25) is 0 Å². The number of hydrogen-bond donors (Lipinski definition) is 0. The standard InChI is InChI=1S/C10H12N2O4/c1-14-8(15-2)6-12-9-7(16-10(12)13)4-3-5-11-9/h3-5,8H,6H2,1-2H3. The summed E-state index contributed by atoms with van der Waals surface area (Å²) in [6.07, 6.45) is 1.10. The molecule has 0 fully saturated rings. The zero-order valence-corrected chi connectivity index (χ0v) is 9.04. The molecule has 0 saturated heterocycles. The third kappa shape index (κ3) is 1.84. The monoisotopic (exact) mass is 224 g/mol. The Hall–Kier alpha value is -1.66. The molecular formula is C10H12N2O4. The average Bonchev–Trinajstić information content (AvgIpc) is 2.62. The van der Waals surface area contributed by atoms with Gasteiger partial charge >= 0.3 is 5.76 Å². The van der Waals surface area contributed by atoms with E-state index in [1.807, 2.05) is 0 Å². The van der Waals surface area contributed by atoms with Crippen molar-refractivity contribution >= 4 is 11.2 Å².